The van der Waals surface area contributed by atoms with Crippen molar-refractivity contribution in [3.05, 3.63) is 35.9 Å². The van der Waals surface area contributed by atoms with Gasteiger partial charge in [0.25, 0.3) is 0 Å². The monoisotopic (exact) mass is 250 g/mol. The second kappa shape index (κ2) is 4.92. The molecule has 1 aromatic carbocycles. The van der Waals surface area contributed by atoms with Crippen molar-refractivity contribution in [2.45, 2.75) is 3.79 Å². The lowest BCUT2D eigenvalue weighted by atomic mass is 10.2. The molecular formula is C10H9Cl3O. The largest absolute Gasteiger partial charge is 0.497 e. The molecule has 1 rings (SSSR count). The molecule has 0 bridgehead atoms. The third-order valence-electron chi connectivity index (χ3n) is 1.58. The van der Waals surface area contributed by atoms with Crippen LogP contribution in [0.3, 0.4) is 0 Å². The van der Waals surface area contributed by atoms with Gasteiger partial charge in [-0.25, -0.2) is 0 Å². The standard InChI is InChI=1S/C10H9Cl3O/c1-14-9-4-2-8(3-5-9)6-7-10(11,12)13/h2-7H,1H3/b7-6+. The lowest BCUT2D eigenvalue weighted by Crippen LogP contribution is -1.93. The zero-order valence-corrected chi connectivity index (χ0v) is 9.77. The number of hydrogen-bond donors (Lipinski definition) is 0. The van der Waals surface area contributed by atoms with Gasteiger partial charge in [-0.1, -0.05) is 53.0 Å². The Bertz CT molecular complexity index is 311. The van der Waals surface area contributed by atoms with Gasteiger partial charge in [-0.15, -0.1) is 0 Å². The van der Waals surface area contributed by atoms with Gasteiger partial charge in [0.1, 0.15) is 5.75 Å². The van der Waals surface area contributed by atoms with Crippen LogP contribution in [0.25, 0.3) is 6.08 Å². The maximum atomic E-state index is 5.56. The molecule has 0 spiro atoms. The van der Waals surface area contributed by atoms with Gasteiger partial charge in [0.15, 0.2) is 0 Å². The summed E-state index contributed by atoms with van der Waals surface area (Å²) in [6.07, 6.45) is 3.24. The lowest BCUT2D eigenvalue weighted by molar-refractivity contribution is 0.415. The first-order valence-electron chi connectivity index (χ1n) is 3.91. The Morgan fingerprint density at radius 1 is 1.14 bits per heavy atom. The number of alkyl halides is 3. The minimum Gasteiger partial charge on any atom is -0.497 e. The first-order valence-corrected chi connectivity index (χ1v) is 5.05. The fourth-order valence-electron chi connectivity index (χ4n) is 0.906. The fraction of sp³-hybridized carbons (Fsp3) is 0.200. The predicted molar refractivity (Wildman–Crippen MR) is 62.3 cm³/mol. The lowest BCUT2D eigenvalue weighted by Gasteiger charge is -2.03. The summed E-state index contributed by atoms with van der Waals surface area (Å²) < 4.78 is 3.67. The summed E-state index contributed by atoms with van der Waals surface area (Å²) in [4.78, 5) is 0. The number of hydrogen-bond acceptors (Lipinski definition) is 1. The van der Waals surface area contributed by atoms with Crippen molar-refractivity contribution in [2.75, 3.05) is 7.11 Å². The summed E-state index contributed by atoms with van der Waals surface area (Å²) in [5, 5.41) is 0. The first-order chi connectivity index (χ1) is 6.51. The zero-order chi connectivity index (χ0) is 10.6. The number of allylic oxidation sites excluding steroid dienone is 1. The van der Waals surface area contributed by atoms with E-state index in [4.69, 9.17) is 39.5 Å². The molecule has 0 heterocycles. The maximum Gasteiger partial charge on any atom is 0.209 e. The molecule has 0 amide bonds. The summed E-state index contributed by atoms with van der Waals surface area (Å²) in [6.45, 7) is 0. The first kappa shape index (κ1) is 11.7. The van der Waals surface area contributed by atoms with Gasteiger partial charge in [0, 0.05) is 0 Å². The zero-order valence-electron chi connectivity index (χ0n) is 7.51. The third kappa shape index (κ3) is 4.23. The summed E-state index contributed by atoms with van der Waals surface area (Å²) >= 11 is 16.7. The van der Waals surface area contributed by atoms with Crippen molar-refractivity contribution in [1.82, 2.24) is 0 Å². The van der Waals surface area contributed by atoms with Crippen LogP contribution in [0.2, 0.25) is 0 Å². The molecule has 4 heteroatoms. The molecule has 0 aliphatic carbocycles. The van der Waals surface area contributed by atoms with Gasteiger partial charge < -0.3 is 4.74 Å². The van der Waals surface area contributed by atoms with Gasteiger partial charge in [0.2, 0.25) is 3.79 Å². The van der Waals surface area contributed by atoms with Gasteiger partial charge in [0.05, 0.1) is 7.11 Å². The van der Waals surface area contributed by atoms with E-state index in [0.29, 0.717) is 0 Å². The topological polar surface area (TPSA) is 9.23 Å². The average molecular weight is 252 g/mol. The minimum absolute atomic E-state index is 0.802. The number of rotatable bonds is 2. The second-order valence-corrected chi connectivity index (χ2v) is 5.02. The molecule has 0 fully saturated rings. The van der Waals surface area contributed by atoms with Crippen LogP contribution in [0.5, 0.6) is 5.75 Å². The van der Waals surface area contributed by atoms with Crippen LogP contribution < -0.4 is 4.74 Å². The molecule has 0 unspecified atom stereocenters. The van der Waals surface area contributed by atoms with E-state index in [1.807, 2.05) is 24.3 Å². The molecule has 0 aliphatic heterocycles. The Morgan fingerprint density at radius 2 is 1.71 bits per heavy atom. The molecule has 1 nitrogen and oxygen atoms in total. The number of ether oxygens (including phenoxy) is 1. The van der Waals surface area contributed by atoms with Crippen LogP contribution in [-0.2, 0) is 0 Å². The van der Waals surface area contributed by atoms with E-state index in [-0.39, 0.29) is 0 Å². The van der Waals surface area contributed by atoms with Crippen LogP contribution in [-0.4, -0.2) is 10.9 Å². The van der Waals surface area contributed by atoms with E-state index in [0.717, 1.165) is 11.3 Å². The van der Waals surface area contributed by atoms with Crippen molar-refractivity contribution in [1.29, 1.82) is 0 Å². The molecule has 0 N–H and O–H groups in total. The van der Waals surface area contributed by atoms with Crippen molar-refractivity contribution in [2.24, 2.45) is 0 Å². The highest BCUT2D eigenvalue weighted by Gasteiger charge is 2.13. The second-order valence-electron chi connectivity index (χ2n) is 2.65. The molecule has 14 heavy (non-hydrogen) atoms. The van der Waals surface area contributed by atoms with E-state index in [1.165, 1.54) is 6.08 Å². The van der Waals surface area contributed by atoms with Crippen LogP contribution in [0, 0.1) is 0 Å². The molecule has 0 radical (unpaired) electrons. The van der Waals surface area contributed by atoms with Crippen LogP contribution in [0.15, 0.2) is 30.3 Å². The third-order valence-corrected chi connectivity index (χ3v) is 1.96. The van der Waals surface area contributed by atoms with Gasteiger partial charge in [-0.05, 0) is 23.8 Å². The molecule has 76 valence electrons. The average Bonchev–Trinajstić information content (AvgIpc) is 2.14. The highest BCUT2D eigenvalue weighted by atomic mass is 35.6. The number of methoxy groups -OCH3 is 1. The summed E-state index contributed by atoms with van der Waals surface area (Å²) in [5.74, 6) is 0.802. The molecule has 1 aromatic rings. The van der Waals surface area contributed by atoms with Crippen LogP contribution in [0.1, 0.15) is 5.56 Å². The number of benzene rings is 1. The summed E-state index contributed by atoms with van der Waals surface area (Å²) in [6, 6.07) is 7.45. The smallest absolute Gasteiger partial charge is 0.209 e. The quantitative estimate of drug-likeness (QED) is 0.720. The SMILES string of the molecule is COc1ccc(/C=C/C(Cl)(Cl)Cl)cc1. The van der Waals surface area contributed by atoms with Crippen LogP contribution >= 0.6 is 34.8 Å². The summed E-state index contributed by atoms with van der Waals surface area (Å²) in [5.41, 5.74) is 0.956. The fourth-order valence-corrected chi connectivity index (χ4v) is 1.09. The molecule has 0 atom stereocenters. The van der Waals surface area contributed by atoms with E-state index in [2.05, 4.69) is 0 Å². The number of halogens is 3. The Morgan fingerprint density at radius 3 is 2.14 bits per heavy atom. The van der Waals surface area contributed by atoms with Gasteiger partial charge in [-0.2, -0.15) is 0 Å². The van der Waals surface area contributed by atoms with Gasteiger partial charge >= 0.3 is 0 Å². The highest BCUT2D eigenvalue weighted by molar-refractivity contribution is 6.69. The van der Waals surface area contributed by atoms with E-state index >= 15 is 0 Å². The van der Waals surface area contributed by atoms with Crippen molar-refractivity contribution in [3.63, 3.8) is 0 Å². The molecule has 0 aromatic heterocycles. The normalized spacial score (nSPS) is 12.0. The van der Waals surface area contributed by atoms with E-state index in [1.54, 1.807) is 13.2 Å². The predicted octanol–water partition coefficient (Wildman–Crippen LogP) is 4.08. The Balaban J connectivity index is 2.74. The van der Waals surface area contributed by atoms with E-state index in [9.17, 15) is 0 Å². The van der Waals surface area contributed by atoms with E-state index < -0.39 is 3.79 Å². The van der Waals surface area contributed by atoms with Crippen molar-refractivity contribution in [3.8, 4) is 5.75 Å². The van der Waals surface area contributed by atoms with Crippen molar-refractivity contribution < 1.29 is 4.74 Å². The van der Waals surface area contributed by atoms with Crippen LogP contribution in [0.4, 0.5) is 0 Å². The Labute approximate surface area is 98.2 Å². The molecule has 0 aliphatic rings. The summed E-state index contributed by atoms with van der Waals surface area (Å²) in [7, 11) is 1.62. The Kier molecular flexibility index (Phi) is 4.11. The van der Waals surface area contributed by atoms with Gasteiger partial charge in [-0.3, -0.25) is 0 Å². The molecular weight excluding hydrogens is 242 g/mol. The molecule has 0 saturated heterocycles. The highest BCUT2D eigenvalue weighted by Crippen LogP contribution is 2.28. The Hall–Kier alpha value is -0.370. The van der Waals surface area contributed by atoms with Crippen molar-refractivity contribution >= 4 is 40.9 Å². The molecule has 0 saturated carbocycles. The maximum absolute atomic E-state index is 5.56. The minimum atomic E-state index is -1.35.